The van der Waals surface area contributed by atoms with Gasteiger partial charge in [-0.3, -0.25) is 13.4 Å². The molecule has 0 saturated heterocycles. The number of halogens is 1. The van der Waals surface area contributed by atoms with Gasteiger partial charge in [0.1, 0.15) is 0 Å². The lowest BCUT2D eigenvalue weighted by molar-refractivity contribution is 0.340. The molecule has 0 aliphatic heterocycles. The highest BCUT2D eigenvalue weighted by Gasteiger charge is 1.97. The van der Waals surface area contributed by atoms with Crippen LogP contribution in [0.2, 0.25) is 0 Å². The smallest absolute Gasteiger partial charge is 0.398 e. The van der Waals surface area contributed by atoms with Gasteiger partial charge in [0.25, 0.3) is 0 Å². The summed E-state index contributed by atoms with van der Waals surface area (Å²) in [5, 5.41) is 13.9. The first-order valence-electron chi connectivity index (χ1n) is 1.43. The normalized spacial score (nSPS) is 9.44. The van der Waals surface area contributed by atoms with E-state index in [0.717, 1.165) is 0 Å². The van der Waals surface area contributed by atoms with Crippen molar-refractivity contribution in [2.45, 2.75) is 0 Å². The molecule has 0 aromatic rings. The van der Waals surface area contributed by atoms with Gasteiger partial charge in [-0.1, -0.05) is 0 Å². The zero-order chi connectivity index (χ0) is 8.08. The highest BCUT2D eigenvalue weighted by Crippen LogP contribution is 1.59. The summed E-state index contributed by atoms with van der Waals surface area (Å²) in [6.07, 6.45) is 0. The Balaban J connectivity index is 0. The second kappa shape index (κ2) is 4.64. The Morgan fingerprint density at radius 2 is 1.22 bits per heavy atom. The van der Waals surface area contributed by atoms with E-state index in [1.165, 1.54) is 0 Å². The summed E-state index contributed by atoms with van der Waals surface area (Å²) in [6, 6.07) is 0. The average Bonchev–Trinajstić information content (AvgIpc) is 1.19. The van der Waals surface area contributed by atoms with Crippen molar-refractivity contribution in [1.82, 2.24) is 0 Å². The largest absolute Gasteiger partial charge is 0.674 e. The second-order valence-corrected chi connectivity index (χ2v) is 1.65. The molecule has 0 saturated carbocycles. The molecule has 9 heteroatoms. The van der Waals surface area contributed by atoms with E-state index in [1.54, 1.807) is 0 Å². The summed E-state index contributed by atoms with van der Waals surface area (Å²) in [5.74, 6) is 0. The van der Waals surface area contributed by atoms with Crippen molar-refractivity contribution in [2.24, 2.45) is 0 Å². The van der Waals surface area contributed by atoms with Gasteiger partial charge in [-0.05, 0) is 0 Å². The van der Waals surface area contributed by atoms with Crippen molar-refractivity contribution in [1.29, 1.82) is 0 Å². The molecule has 0 atom stereocenters. The first-order chi connectivity index (χ1) is 3.73. The molecule has 0 heterocycles. The minimum absolute atomic E-state index is 2.67. The third kappa shape index (κ3) is 5630. The SMILES string of the molecule is O=S(=O)(O)O.OB(O)F. The Morgan fingerprint density at radius 1 is 1.22 bits per heavy atom. The van der Waals surface area contributed by atoms with Gasteiger partial charge in [-0.25, -0.2) is 0 Å². The topological polar surface area (TPSA) is 115 Å². The van der Waals surface area contributed by atoms with Crippen LogP contribution in [0.15, 0.2) is 0 Å². The molecule has 4 N–H and O–H groups in total. The molecule has 9 heavy (non-hydrogen) atoms. The third-order valence-electron chi connectivity index (χ3n) is 0. The second-order valence-electron chi connectivity index (χ2n) is 0.758. The van der Waals surface area contributed by atoms with Crippen LogP contribution in [0.4, 0.5) is 4.32 Å². The number of hydrogen-bond acceptors (Lipinski definition) is 4. The van der Waals surface area contributed by atoms with Gasteiger partial charge in [0.05, 0.1) is 0 Å². The van der Waals surface area contributed by atoms with Crippen LogP contribution in [0, 0.1) is 0 Å². The van der Waals surface area contributed by atoms with E-state index in [4.69, 9.17) is 27.6 Å². The molecule has 0 rings (SSSR count). The van der Waals surface area contributed by atoms with E-state index in [9.17, 15) is 4.32 Å². The number of hydrogen-bond donors (Lipinski definition) is 4. The molecule has 0 spiro atoms. The highest BCUT2D eigenvalue weighted by molar-refractivity contribution is 7.79. The van der Waals surface area contributed by atoms with Gasteiger partial charge in [-0.15, -0.1) is 0 Å². The monoisotopic (exact) mass is 162 g/mol. The molecular formula is H4BFO6S. The molecule has 56 valence electrons. The first-order valence-corrected chi connectivity index (χ1v) is 2.83. The van der Waals surface area contributed by atoms with Gasteiger partial charge in [0, 0.05) is 0 Å². The summed E-state index contributed by atoms with van der Waals surface area (Å²) in [6.45, 7) is 0. The molecule has 0 radical (unpaired) electrons. The molecule has 0 aliphatic rings. The lowest BCUT2D eigenvalue weighted by atomic mass is 10.3. The van der Waals surface area contributed by atoms with Gasteiger partial charge in [0.15, 0.2) is 0 Å². The zero-order valence-corrected chi connectivity index (χ0v) is 4.79. The summed E-state index contributed by atoms with van der Waals surface area (Å²) < 4.78 is 41.7. The standard InChI is InChI=1S/BFH2O2.H2O4S/c2-1(3)4;1-5(2,3)4/h3-4H;(H2,1,2,3,4). The van der Waals surface area contributed by atoms with Crippen molar-refractivity contribution in [3.63, 3.8) is 0 Å². The molecular weight excluding hydrogens is 158 g/mol. The molecule has 0 unspecified atom stereocenters. The highest BCUT2D eigenvalue weighted by atomic mass is 32.3. The Morgan fingerprint density at radius 3 is 1.22 bits per heavy atom. The van der Waals surface area contributed by atoms with Gasteiger partial charge < -0.3 is 10.0 Å². The van der Waals surface area contributed by atoms with Crippen LogP contribution in [0.25, 0.3) is 0 Å². The number of rotatable bonds is 0. The van der Waals surface area contributed by atoms with E-state index in [1.807, 2.05) is 0 Å². The Kier molecular flexibility index (Phi) is 5.97. The Hall–Kier alpha value is -0.215. The molecule has 0 aromatic carbocycles. The van der Waals surface area contributed by atoms with Crippen molar-refractivity contribution in [3.05, 3.63) is 0 Å². The van der Waals surface area contributed by atoms with Crippen molar-refractivity contribution in [3.8, 4) is 0 Å². The zero-order valence-electron chi connectivity index (χ0n) is 3.97. The van der Waals surface area contributed by atoms with Gasteiger partial charge in [0.2, 0.25) is 0 Å². The minimum Gasteiger partial charge on any atom is -0.398 e. The fourth-order valence-electron chi connectivity index (χ4n) is 0. The predicted octanol–water partition coefficient (Wildman–Crippen LogP) is -1.73. The summed E-state index contributed by atoms with van der Waals surface area (Å²) in [5.41, 5.74) is 0. The molecule has 0 aromatic heterocycles. The molecule has 0 aliphatic carbocycles. The summed E-state index contributed by atoms with van der Waals surface area (Å²) in [7, 11) is -7.33. The van der Waals surface area contributed by atoms with Crippen molar-refractivity contribution in [2.75, 3.05) is 0 Å². The fraction of sp³-hybridized carbons (Fsp3) is 0. The van der Waals surface area contributed by atoms with E-state index in [-0.39, 0.29) is 0 Å². The Bertz CT molecular complexity index is 124. The molecule has 0 amide bonds. The van der Waals surface area contributed by atoms with Crippen LogP contribution in [0.5, 0.6) is 0 Å². The van der Waals surface area contributed by atoms with Crippen LogP contribution in [0.1, 0.15) is 0 Å². The maximum Gasteiger partial charge on any atom is 0.674 e. The quantitative estimate of drug-likeness (QED) is 0.248. The van der Waals surface area contributed by atoms with E-state index in [2.05, 4.69) is 0 Å². The van der Waals surface area contributed by atoms with Gasteiger partial charge >= 0.3 is 17.8 Å². The van der Waals surface area contributed by atoms with E-state index < -0.39 is 17.8 Å². The molecule has 0 fully saturated rings. The van der Waals surface area contributed by atoms with Gasteiger partial charge in [-0.2, -0.15) is 8.42 Å². The maximum atomic E-state index is 10.1. The minimum atomic E-state index is -4.67. The van der Waals surface area contributed by atoms with Crippen LogP contribution >= 0.6 is 0 Å². The molecule has 6 nitrogen and oxygen atoms in total. The van der Waals surface area contributed by atoms with E-state index >= 15 is 0 Å². The van der Waals surface area contributed by atoms with Crippen molar-refractivity contribution >= 4 is 17.8 Å². The van der Waals surface area contributed by atoms with Crippen LogP contribution in [0.3, 0.4) is 0 Å². The summed E-state index contributed by atoms with van der Waals surface area (Å²) >= 11 is 0. The Labute approximate surface area is 50.7 Å². The van der Waals surface area contributed by atoms with Crippen LogP contribution in [-0.2, 0) is 10.4 Å². The van der Waals surface area contributed by atoms with Crippen molar-refractivity contribution < 1.29 is 31.9 Å². The third-order valence-corrected chi connectivity index (χ3v) is 0. The average molecular weight is 162 g/mol. The van der Waals surface area contributed by atoms with Crippen LogP contribution in [-0.4, -0.2) is 35.0 Å². The lowest BCUT2D eigenvalue weighted by Crippen LogP contribution is -1.98. The lowest BCUT2D eigenvalue weighted by Gasteiger charge is -1.68. The first kappa shape index (κ1) is 11.6. The maximum absolute atomic E-state index is 10.1. The fourth-order valence-corrected chi connectivity index (χ4v) is 0. The predicted molar refractivity (Wildman–Crippen MR) is 25.5 cm³/mol. The summed E-state index contributed by atoms with van der Waals surface area (Å²) in [4.78, 5) is 0. The van der Waals surface area contributed by atoms with E-state index in [0.29, 0.717) is 0 Å². The van der Waals surface area contributed by atoms with Crippen LogP contribution < -0.4 is 0 Å². The molecule has 0 bridgehead atoms.